The van der Waals surface area contributed by atoms with Crippen molar-refractivity contribution in [2.24, 2.45) is 0 Å². The van der Waals surface area contributed by atoms with Crippen molar-refractivity contribution in [2.45, 2.75) is 18.1 Å². The number of nitrogens with zero attached hydrogens (tertiary/aromatic N) is 3. The molecule has 0 saturated heterocycles. The zero-order chi connectivity index (χ0) is 23.1. The fourth-order valence-corrected chi connectivity index (χ4v) is 3.98. The van der Waals surface area contributed by atoms with Gasteiger partial charge in [0.25, 0.3) is 0 Å². The van der Waals surface area contributed by atoms with E-state index in [1.165, 1.54) is 11.8 Å². The van der Waals surface area contributed by atoms with Crippen LogP contribution in [0.15, 0.2) is 60.3 Å². The first-order chi connectivity index (χ1) is 15.4. The Morgan fingerprint density at radius 1 is 0.969 bits per heavy atom. The summed E-state index contributed by atoms with van der Waals surface area (Å²) in [6.45, 7) is 4.11. The van der Waals surface area contributed by atoms with Gasteiger partial charge in [0.1, 0.15) is 5.82 Å². The van der Waals surface area contributed by atoms with E-state index < -0.39 is 0 Å². The van der Waals surface area contributed by atoms with E-state index in [0.29, 0.717) is 38.9 Å². The highest BCUT2D eigenvalue weighted by molar-refractivity contribution is 7.99. The Bertz CT molecular complexity index is 1150. The van der Waals surface area contributed by atoms with Gasteiger partial charge < -0.3 is 15.2 Å². The number of hydrogen-bond acceptors (Lipinski definition) is 5. The van der Waals surface area contributed by atoms with Crippen LogP contribution in [-0.2, 0) is 22.6 Å². The maximum absolute atomic E-state index is 12.5. The number of halogens is 3. The first-order valence-electron chi connectivity index (χ1n) is 9.33. The van der Waals surface area contributed by atoms with Crippen molar-refractivity contribution in [3.63, 3.8) is 0 Å². The number of hydrogen-bond donors (Lipinski definition) is 2. The lowest BCUT2D eigenvalue weighted by Crippen LogP contribution is -2.18. The number of carbonyl (C=O) groups is 2. The van der Waals surface area contributed by atoms with Gasteiger partial charge in [-0.2, -0.15) is 0 Å². The molecule has 0 saturated carbocycles. The van der Waals surface area contributed by atoms with Crippen LogP contribution in [0, 0.1) is 0 Å². The van der Waals surface area contributed by atoms with Crippen LogP contribution in [0.2, 0.25) is 15.1 Å². The number of benzene rings is 2. The lowest BCUT2D eigenvalue weighted by molar-refractivity contribution is -0.116. The summed E-state index contributed by atoms with van der Waals surface area (Å²) in [4.78, 5) is 24.8. The molecule has 0 unspecified atom stereocenters. The molecule has 1 heterocycles. The van der Waals surface area contributed by atoms with Gasteiger partial charge in [-0.15, -0.1) is 16.8 Å². The first kappa shape index (κ1) is 24.1. The van der Waals surface area contributed by atoms with Gasteiger partial charge >= 0.3 is 0 Å². The van der Waals surface area contributed by atoms with Crippen LogP contribution in [0.4, 0.5) is 11.4 Å². The molecule has 0 aliphatic heterocycles. The second-order valence-electron chi connectivity index (χ2n) is 6.44. The molecule has 32 heavy (non-hydrogen) atoms. The molecule has 1 aromatic heterocycles. The SMILES string of the molecule is C=CCn1c(CC(=O)Nc2cccc(Cl)c2Cl)nnc1SCC(=O)Nc1ccccc1Cl. The molecule has 2 N–H and O–H groups in total. The van der Waals surface area contributed by atoms with Gasteiger partial charge in [-0.3, -0.25) is 9.59 Å². The quantitative estimate of drug-likeness (QED) is 0.300. The van der Waals surface area contributed by atoms with Gasteiger partial charge in [0.2, 0.25) is 11.8 Å². The van der Waals surface area contributed by atoms with Crippen molar-refractivity contribution in [3.8, 4) is 0 Å². The number of amides is 2. The normalized spacial score (nSPS) is 10.6. The number of rotatable bonds is 9. The Kier molecular flexibility index (Phi) is 8.58. The van der Waals surface area contributed by atoms with Crippen molar-refractivity contribution in [1.82, 2.24) is 14.8 Å². The van der Waals surface area contributed by atoms with Gasteiger partial charge in [-0.25, -0.2) is 0 Å². The van der Waals surface area contributed by atoms with Crippen LogP contribution in [0.1, 0.15) is 5.82 Å². The largest absolute Gasteiger partial charge is 0.324 e. The van der Waals surface area contributed by atoms with Crippen LogP contribution in [0.5, 0.6) is 0 Å². The van der Waals surface area contributed by atoms with E-state index in [0.717, 1.165) is 0 Å². The fourth-order valence-electron chi connectivity index (χ4n) is 2.69. The Labute approximate surface area is 204 Å². The molecular formula is C21H18Cl3N5O2S. The predicted octanol–water partition coefficient (Wildman–Crippen LogP) is 5.34. The van der Waals surface area contributed by atoms with E-state index in [1.807, 2.05) is 0 Å². The third-order valence-corrected chi connectivity index (χ3v) is 6.25. The molecule has 11 heteroatoms. The predicted molar refractivity (Wildman–Crippen MR) is 130 cm³/mol. The van der Waals surface area contributed by atoms with Crippen LogP contribution >= 0.6 is 46.6 Å². The molecular weight excluding hydrogens is 493 g/mol. The third-order valence-electron chi connectivity index (χ3n) is 4.13. The van der Waals surface area contributed by atoms with Gasteiger partial charge in [0, 0.05) is 6.54 Å². The number of anilines is 2. The first-order valence-corrected chi connectivity index (χ1v) is 11.4. The minimum atomic E-state index is -0.333. The monoisotopic (exact) mass is 509 g/mol. The van der Waals surface area contributed by atoms with Crippen LogP contribution in [0.3, 0.4) is 0 Å². The zero-order valence-corrected chi connectivity index (χ0v) is 19.7. The van der Waals surface area contributed by atoms with E-state index in [2.05, 4.69) is 27.4 Å². The maximum atomic E-state index is 12.5. The van der Waals surface area contributed by atoms with Crippen LogP contribution < -0.4 is 10.6 Å². The van der Waals surface area contributed by atoms with Gasteiger partial charge in [-0.05, 0) is 24.3 Å². The molecule has 0 bridgehead atoms. The summed E-state index contributed by atoms with van der Waals surface area (Å²) in [5.74, 6) is -0.0641. The Balaban J connectivity index is 1.65. The van der Waals surface area contributed by atoms with Crippen molar-refractivity contribution < 1.29 is 9.59 Å². The molecule has 7 nitrogen and oxygen atoms in total. The molecule has 3 aromatic rings. The highest BCUT2D eigenvalue weighted by Crippen LogP contribution is 2.29. The minimum Gasteiger partial charge on any atom is -0.324 e. The highest BCUT2D eigenvalue weighted by atomic mass is 35.5. The molecule has 2 amide bonds. The molecule has 3 rings (SSSR count). The molecule has 0 spiro atoms. The van der Waals surface area contributed by atoms with Crippen molar-refractivity contribution in [2.75, 3.05) is 16.4 Å². The Hall–Kier alpha value is -2.52. The number of para-hydroxylation sites is 1. The molecule has 0 fully saturated rings. The second-order valence-corrected chi connectivity index (χ2v) is 8.58. The third kappa shape index (κ3) is 6.26. The smallest absolute Gasteiger partial charge is 0.234 e. The molecule has 0 aliphatic carbocycles. The molecule has 166 valence electrons. The molecule has 0 atom stereocenters. The summed E-state index contributed by atoms with van der Waals surface area (Å²) in [5, 5.41) is 15.2. The maximum Gasteiger partial charge on any atom is 0.234 e. The van der Waals surface area contributed by atoms with Crippen molar-refractivity contribution >= 4 is 69.8 Å². The van der Waals surface area contributed by atoms with E-state index in [9.17, 15) is 9.59 Å². The number of aromatic nitrogens is 3. The van der Waals surface area contributed by atoms with Crippen molar-refractivity contribution in [3.05, 3.63) is 76.0 Å². The lowest BCUT2D eigenvalue weighted by atomic mass is 10.3. The van der Waals surface area contributed by atoms with E-state index in [-0.39, 0.29) is 29.0 Å². The van der Waals surface area contributed by atoms with Gasteiger partial charge in [0.15, 0.2) is 5.16 Å². The molecule has 0 radical (unpaired) electrons. The van der Waals surface area contributed by atoms with E-state index in [4.69, 9.17) is 34.8 Å². The zero-order valence-electron chi connectivity index (χ0n) is 16.6. The number of carbonyl (C=O) groups excluding carboxylic acids is 2. The minimum absolute atomic E-state index is 0.0456. The summed E-state index contributed by atoms with van der Waals surface area (Å²) >= 11 is 19.4. The van der Waals surface area contributed by atoms with Crippen LogP contribution in [-0.4, -0.2) is 32.3 Å². The van der Waals surface area contributed by atoms with Gasteiger partial charge in [0.05, 0.1) is 38.6 Å². The Morgan fingerprint density at radius 3 is 2.41 bits per heavy atom. The number of nitrogens with one attached hydrogen (secondary N) is 2. The van der Waals surface area contributed by atoms with Crippen LogP contribution in [0.25, 0.3) is 0 Å². The molecule has 2 aromatic carbocycles. The topological polar surface area (TPSA) is 88.9 Å². The van der Waals surface area contributed by atoms with Crippen molar-refractivity contribution in [1.29, 1.82) is 0 Å². The summed E-state index contributed by atoms with van der Waals surface area (Å²) in [6, 6.07) is 11.9. The van der Waals surface area contributed by atoms with E-state index >= 15 is 0 Å². The summed E-state index contributed by atoms with van der Waals surface area (Å²) < 4.78 is 1.72. The number of allylic oxidation sites excluding steroid dienone is 1. The standard InChI is InChI=1S/C21H18Cl3N5O2S/c1-2-10-29-17(11-18(30)26-16-9-5-7-14(23)20(16)24)27-28-21(29)32-12-19(31)25-15-8-4-3-6-13(15)22/h2-9H,1,10-12H2,(H,25,31)(H,26,30). The average molecular weight is 511 g/mol. The van der Waals surface area contributed by atoms with E-state index in [1.54, 1.807) is 53.1 Å². The van der Waals surface area contributed by atoms with Gasteiger partial charge in [-0.1, -0.05) is 70.8 Å². The highest BCUT2D eigenvalue weighted by Gasteiger charge is 2.17. The average Bonchev–Trinajstić information content (AvgIpc) is 3.13. The Morgan fingerprint density at radius 2 is 1.66 bits per heavy atom. The second kappa shape index (κ2) is 11.4. The summed E-state index contributed by atoms with van der Waals surface area (Å²) in [6.07, 6.45) is 1.61. The molecule has 0 aliphatic rings. The lowest BCUT2D eigenvalue weighted by Gasteiger charge is -2.10. The number of thioether (sulfide) groups is 1. The fraction of sp³-hybridized carbons (Fsp3) is 0.143. The summed E-state index contributed by atoms with van der Waals surface area (Å²) in [5.41, 5.74) is 0.939. The summed E-state index contributed by atoms with van der Waals surface area (Å²) in [7, 11) is 0.